The van der Waals surface area contributed by atoms with Crippen LogP contribution in [0.5, 0.6) is 0 Å². The van der Waals surface area contributed by atoms with Crippen LogP contribution in [0.15, 0.2) is 0 Å². The van der Waals surface area contributed by atoms with Crippen LogP contribution < -0.4 is 0 Å². The van der Waals surface area contributed by atoms with Crippen LogP contribution in [0.3, 0.4) is 0 Å². The van der Waals surface area contributed by atoms with E-state index in [1.54, 1.807) is 0 Å². The number of hydrogen-bond acceptors (Lipinski definition) is 0. The molecule has 0 rings (SSSR count). The van der Waals surface area contributed by atoms with Crippen LogP contribution in [-0.2, 0) is 0 Å². The molecule has 0 aromatic carbocycles. The van der Waals surface area contributed by atoms with E-state index in [2.05, 4.69) is 0 Å². The van der Waals surface area contributed by atoms with Crippen molar-refractivity contribution < 1.29 is 12.9 Å². The molecule has 0 nitrogen and oxygen atoms in total. The largest absolute Gasteiger partial charge is 0.762 e. The molecule has 0 saturated heterocycles. The smallest absolute Gasteiger partial charge is 0.254 e. The average molecular weight is 143 g/mol. The summed E-state index contributed by atoms with van der Waals surface area (Å²) in [6.07, 6.45) is 0. The predicted octanol–water partition coefficient (Wildman–Crippen LogP) is 0.499. The summed E-state index contributed by atoms with van der Waals surface area (Å²) in [5.74, 6) is 0. The third kappa shape index (κ3) is 150. The minimum Gasteiger partial charge on any atom is -0.254 e. The molecule has 0 unspecified atom stereocenters. The fourth-order valence-electron chi connectivity index (χ4n) is 0. The van der Waals surface area contributed by atoms with E-state index in [9.17, 15) is 12.9 Å². The molecule has 0 aromatic heterocycles. The molecule has 0 atom stereocenters. The summed E-state index contributed by atoms with van der Waals surface area (Å²) in [4.78, 5) is 0. The van der Waals surface area contributed by atoms with Gasteiger partial charge >= 0.3 is 7.54 Å². The van der Waals surface area contributed by atoms with Crippen molar-refractivity contribution >= 4 is 25.5 Å². The maximum Gasteiger partial charge on any atom is 0.762 e. The third-order valence-electron chi connectivity index (χ3n) is 0. The van der Waals surface area contributed by atoms with E-state index in [4.69, 9.17) is 0 Å². The predicted molar refractivity (Wildman–Crippen MR) is 14.8 cm³/mol. The van der Waals surface area contributed by atoms with Gasteiger partial charge in [-0.2, -0.15) is 0 Å². The van der Waals surface area contributed by atoms with E-state index in [0.29, 0.717) is 0 Å². The Kier molecular flexibility index (Phi) is 7.99. The normalized spacial score (nSPS) is 5.40. The number of rotatable bonds is 0. The van der Waals surface area contributed by atoms with Crippen molar-refractivity contribution in [2.75, 3.05) is 0 Å². The van der Waals surface area contributed by atoms with Crippen molar-refractivity contribution in [1.29, 1.82) is 0 Å². The Balaban J connectivity index is 0. The fourth-order valence-corrected chi connectivity index (χ4v) is 0. The van der Waals surface area contributed by atoms with Gasteiger partial charge in [-0.15, -0.1) is 0 Å². The van der Waals surface area contributed by atoms with Crippen molar-refractivity contribution in [3.05, 3.63) is 0 Å². The molecular formula is AsBF3. The van der Waals surface area contributed by atoms with Gasteiger partial charge in [0.05, 0.1) is 0 Å². The summed E-state index contributed by atoms with van der Waals surface area (Å²) in [7, 11) is -3.67. The van der Waals surface area contributed by atoms with Crippen LogP contribution in [0.1, 0.15) is 0 Å². The monoisotopic (exact) mass is 143 g/mol. The first-order valence-corrected chi connectivity index (χ1v) is 0.655. The van der Waals surface area contributed by atoms with E-state index < -0.39 is 7.54 Å². The molecule has 0 aliphatic heterocycles. The van der Waals surface area contributed by atoms with Gasteiger partial charge in [0, 0.05) is 18.0 Å². The minimum absolute atomic E-state index is 0. The van der Waals surface area contributed by atoms with Gasteiger partial charge in [-0.3, -0.25) is 12.9 Å². The second kappa shape index (κ2) is 4.41. The van der Waals surface area contributed by atoms with Gasteiger partial charge < -0.3 is 0 Å². The summed E-state index contributed by atoms with van der Waals surface area (Å²) < 4.78 is 29.0. The van der Waals surface area contributed by atoms with Crippen LogP contribution in [0.25, 0.3) is 0 Å². The van der Waals surface area contributed by atoms with Crippen LogP contribution in [0.2, 0.25) is 0 Å². The van der Waals surface area contributed by atoms with Crippen molar-refractivity contribution in [2.24, 2.45) is 0 Å². The second-order valence-electron chi connectivity index (χ2n) is 0.247. The van der Waals surface area contributed by atoms with Crippen molar-refractivity contribution in [2.45, 2.75) is 0 Å². The van der Waals surface area contributed by atoms with E-state index >= 15 is 0 Å². The molecule has 0 amide bonds. The maximum absolute atomic E-state index is 9.67. The van der Waals surface area contributed by atoms with Gasteiger partial charge in [0.15, 0.2) is 0 Å². The molecule has 0 bridgehead atoms. The first-order chi connectivity index (χ1) is 1.73. The molecule has 3 radical (unpaired) electrons. The van der Waals surface area contributed by atoms with E-state index in [1.807, 2.05) is 0 Å². The summed E-state index contributed by atoms with van der Waals surface area (Å²) >= 11 is 0. The van der Waals surface area contributed by atoms with Gasteiger partial charge in [0.2, 0.25) is 0 Å². The Morgan fingerprint density at radius 1 is 1.00 bits per heavy atom. The van der Waals surface area contributed by atoms with Gasteiger partial charge in [-0.05, 0) is 0 Å². The Morgan fingerprint density at radius 3 is 1.00 bits per heavy atom. The Hall–Kier alpha value is 0.413. The topological polar surface area (TPSA) is 0 Å². The molecule has 0 heterocycles. The van der Waals surface area contributed by atoms with Crippen molar-refractivity contribution in [3.8, 4) is 0 Å². The zero-order valence-corrected chi connectivity index (χ0v) is 4.04. The van der Waals surface area contributed by atoms with Gasteiger partial charge in [-0.25, -0.2) is 0 Å². The molecule has 29 valence electrons. The van der Waals surface area contributed by atoms with Crippen LogP contribution >= 0.6 is 0 Å². The summed E-state index contributed by atoms with van der Waals surface area (Å²) in [6, 6.07) is 0. The minimum atomic E-state index is -3.67. The number of halogens is 3. The third-order valence-corrected chi connectivity index (χ3v) is 0. The molecule has 0 aromatic rings. The quantitative estimate of drug-likeness (QED) is 0.433. The van der Waals surface area contributed by atoms with Gasteiger partial charge in [-0.1, -0.05) is 0 Å². The summed E-state index contributed by atoms with van der Waals surface area (Å²) in [5.41, 5.74) is 0. The van der Waals surface area contributed by atoms with Crippen LogP contribution in [0.4, 0.5) is 12.9 Å². The Bertz CT molecular complexity index is 11.6. The molecule has 5 heteroatoms. The SMILES string of the molecule is FB(F)F.[As]. The van der Waals surface area contributed by atoms with Crippen molar-refractivity contribution in [3.63, 3.8) is 0 Å². The van der Waals surface area contributed by atoms with E-state index in [-0.39, 0.29) is 18.0 Å². The first kappa shape index (κ1) is 9.05. The Labute approximate surface area is 39.3 Å². The zero-order valence-electron chi connectivity index (χ0n) is 2.16. The Morgan fingerprint density at radius 2 is 1.00 bits per heavy atom. The zero-order chi connectivity index (χ0) is 3.58. The van der Waals surface area contributed by atoms with Crippen molar-refractivity contribution in [1.82, 2.24) is 0 Å². The van der Waals surface area contributed by atoms with Crippen LogP contribution in [0, 0.1) is 0 Å². The van der Waals surface area contributed by atoms with E-state index in [0.717, 1.165) is 0 Å². The number of hydrogen-bond donors (Lipinski definition) is 0. The molecule has 0 aliphatic rings. The molecular weight excluding hydrogens is 143 g/mol. The molecule has 0 spiro atoms. The summed E-state index contributed by atoms with van der Waals surface area (Å²) in [6.45, 7) is 0. The second-order valence-corrected chi connectivity index (χ2v) is 0.247. The van der Waals surface area contributed by atoms with Gasteiger partial charge in [0.1, 0.15) is 0 Å². The standard InChI is InChI=1S/As.BF3/c;2-1(3)4. The van der Waals surface area contributed by atoms with E-state index in [1.165, 1.54) is 0 Å². The molecule has 0 saturated carbocycles. The summed E-state index contributed by atoms with van der Waals surface area (Å²) in [5, 5.41) is 0. The average Bonchev–Trinajstić information content (AvgIpc) is 0.811. The van der Waals surface area contributed by atoms with Gasteiger partial charge in [0.25, 0.3) is 0 Å². The fraction of sp³-hybridized carbons (Fsp3) is 0. The maximum atomic E-state index is 9.67. The molecule has 0 aliphatic carbocycles. The molecule has 5 heavy (non-hydrogen) atoms. The first-order valence-electron chi connectivity index (χ1n) is 0.655. The van der Waals surface area contributed by atoms with Crippen LogP contribution in [-0.4, -0.2) is 25.5 Å². The molecule has 0 fully saturated rings. The molecule has 0 N–H and O–H groups in total.